The number of quaternary nitrogens is 1. The van der Waals surface area contributed by atoms with Crippen LogP contribution in [0.1, 0.15) is 245 Å². The first-order chi connectivity index (χ1) is 36.9. The molecule has 0 saturated heterocycles. The smallest absolute Gasteiger partial charge is 0.306 e. The van der Waals surface area contributed by atoms with E-state index in [4.69, 9.17) is 13.8 Å². The molecule has 0 radical (unpaired) electrons. The Labute approximate surface area is 468 Å². The molecule has 0 aliphatic rings. The van der Waals surface area contributed by atoms with Gasteiger partial charge >= 0.3 is 5.97 Å². The Bertz CT molecular complexity index is 1670. The minimum atomic E-state index is -4.71. The molecule has 3 unspecified atom stereocenters. The van der Waals surface area contributed by atoms with Gasteiger partial charge in [-0.2, -0.15) is 0 Å². The third-order valence-corrected chi connectivity index (χ3v) is 13.9. The first-order valence-corrected chi connectivity index (χ1v) is 32.2. The largest absolute Gasteiger partial charge is 0.756 e. The van der Waals surface area contributed by atoms with Crippen LogP contribution in [-0.4, -0.2) is 69.4 Å². The van der Waals surface area contributed by atoms with E-state index in [0.717, 1.165) is 128 Å². The fourth-order valence-electron chi connectivity index (χ4n) is 8.27. The van der Waals surface area contributed by atoms with Crippen molar-refractivity contribution >= 4 is 19.7 Å². The number of nitrogens with one attached hydrogen (secondary N) is 1. The van der Waals surface area contributed by atoms with Gasteiger partial charge in [-0.05, 0) is 109 Å². The van der Waals surface area contributed by atoms with Crippen LogP contribution in [-0.2, 0) is 27.9 Å². The Kier molecular flexibility index (Phi) is 52.6. The summed E-state index contributed by atoms with van der Waals surface area (Å²) in [5, 5.41) is 3.02. The molecule has 1 amide bonds. The van der Waals surface area contributed by atoms with Crippen LogP contribution in [0.3, 0.4) is 0 Å². The van der Waals surface area contributed by atoms with Crippen LogP contribution in [0.4, 0.5) is 0 Å². The second kappa shape index (κ2) is 55.0. The van der Waals surface area contributed by atoms with Crippen molar-refractivity contribution in [2.24, 2.45) is 0 Å². The normalized spacial score (nSPS) is 14.5. The summed E-state index contributed by atoms with van der Waals surface area (Å²) in [6.45, 7) is 6.58. The van der Waals surface area contributed by atoms with E-state index in [-0.39, 0.29) is 24.9 Å². The van der Waals surface area contributed by atoms with E-state index in [2.05, 4.69) is 123 Å². The quantitative estimate of drug-likeness (QED) is 0.0212. The molecule has 0 aliphatic carbocycles. The fourth-order valence-corrected chi connectivity index (χ4v) is 8.99. The minimum Gasteiger partial charge on any atom is -0.756 e. The first-order valence-electron chi connectivity index (χ1n) is 30.7. The third-order valence-electron chi connectivity index (χ3n) is 12.9. The second-order valence-electron chi connectivity index (χ2n) is 21.4. The summed E-state index contributed by atoms with van der Waals surface area (Å²) in [6.07, 6.45) is 74.8. The van der Waals surface area contributed by atoms with E-state index in [1.54, 1.807) is 0 Å². The maximum Gasteiger partial charge on any atom is 0.306 e. The maximum absolute atomic E-state index is 13.5. The van der Waals surface area contributed by atoms with Crippen molar-refractivity contribution in [3.05, 3.63) is 109 Å². The molecule has 0 rings (SSSR count). The van der Waals surface area contributed by atoms with Crippen LogP contribution in [0.5, 0.6) is 0 Å². The van der Waals surface area contributed by atoms with Crippen molar-refractivity contribution in [1.82, 2.24) is 5.32 Å². The number of allylic oxidation sites excluding steroid dienone is 17. The monoisotopic (exact) mass is 1080 g/mol. The predicted octanol–water partition coefficient (Wildman–Crippen LogP) is 18.3. The van der Waals surface area contributed by atoms with Crippen molar-refractivity contribution in [2.75, 3.05) is 40.9 Å². The van der Waals surface area contributed by atoms with Gasteiger partial charge in [0.2, 0.25) is 5.91 Å². The maximum atomic E-state index is 13.5. The highest BCUT2D eigenvalue weighted by atomic mass is 31.2. The van der Waals surface area contributed by atoms with Crippen molar-refractivity contribution in [2.45, 2.75) is 258 Å². The molecule has 76 heavy (non-hydrogen) atoms. The number of ether oxygens (including phenoxy) is 1. The number of nitrogens with zero attached hydrogens (tertiary/aromatic N) is 1. The number of carbonyl (C=O) groups is 2. The average Bonchev–Trinajstić information content (AvgIpc) is 3.38. The first kappa shape index (κ1) is 72.7. The fraction of sp³-hybridized carbons (Fsp3) is 0.697. The van der Waals surface area contributed by atoms with Crippen molar-refractivity contribution in [1.29, 1.82) is 0 Å². The summed E-state index contributed by atoms with van der Waals surface area (Å²) < 4.78 is 30.3. The van der Waals surface area contributed by atoms with Crippen molar-refractivity contribution < 1.29 is 37.3 Å². The van der Waals surface area contributed by atoms with Gasteiger partial charge in [-0.25, -0.2) is 0 Å². The molecule has 0 fully saturated rings. The molecule has 436 valence electrons. The highest BCUT2D eigenvalue weighted by molar-refractivity contribution is 7.45. The topological polar surface area (TPSA) is 114 Å². The van der Waals surface area contributed by atoms with Gasteiger partial charge < -0.3 is 28.5 Å². The lowest BCUT2D eigenvalue weighted by atomic mass is 10.0. The molecule has 9 nitrogen and oxygen atoms in total. The van der Waals surface area contributed by atoms with Crippen molar-refractivity contribution in [3.63, 3.8) is 0 Å². The lowest BCUT2D eigenvalue weighted by molar-refractivity contribution is -0.870. The van der Waals surface area contributed by atoms with Gasteiger partial charge in [-0.3, -0.25) is 14.2 Å². The Morgan fingerprint density at radius 3 is 1.26 bits per heavy atom. The number of hydrogen-bond donors (Lipinski definition) is 1. The molecule has 0 aliphatic heterocycles. The van der Waals surface area contributed by atoms with Gasteiger partial charge in [0.05, 0.1) is 33.8 Å². The molecule has 1 N–H and O–H groups in total. The molecular formula is C66H115N2O7P. The molecule has 10 heteroatoms. The molecule has 0 spiro atoms. The molecule has 0 saturated carbocycles. The Morgan fingerprint density at radius 2 is 0.842 bits per heavy atom. The zero-order chi connectivity index (χ0) is 55.7. The number of esters is 1. The molecule has 0 aromatic heterocycles. The van der Waals surface area contributed by atoms with Crippen LogP contribution >= 0.6 is 7.82 Å². The number of amides is 1. The summed E-state index contributed by atoms with van der Waals surface area (Å²) in [6, 6.07) is -0.910. The minimum absolute atomic E-state index is 0.0340. The van der Waals surface area contributed by atoms with E-state index in [1.165, 1.54) is 77.0 Å². The van der Waals surface area contributed by atoms with E-state index in [0.29, 0.717) is 23.9 Å². The SMILES string of the molecule is CC/C=C\C/C=C\C/C=C\C/C=C\C/C=C\CCCCCCCCCC(=O)NC(COP(=O)([O-])OCC[N+](C)(C)C)C(/C=C\CCCCCCCCCCCCC)OC(=O)CCCCCC/C=C/C/C=C/C/C=C/CC. The van der Waals surface area contributed by atoms with Crippen molar-refractivity contribution in [3.8, 4) is 0 Å². The standard InChI is InChI=1S/C66H115N2O7P/c1-7-10-13-16-19-22-25-28-30-31-32-33-34-35-36-37-38-40-43-46-49-52-55-58-65(69)67-63(62-74-76(71,72)73-61-60-68(4,5)6)64(57-54-51-48-45-42-39-27-24-21-18-15-12-9-3)75-66(70)59-56-53-50-47-44-41-29-26-23-20-17-14-11-8-2/h10-11,13-14,19-20,22-23,28-30,32-33,35-36,41,54,57,63-64H,7-9,12,15-18,21,24-27,31,34,37-40,42-53,55-56,58-62H2,1-6H3,(H-,67,69,71,72)/b13-10-,14-11+,22-19-,23-20+,30-28-,33-32-,36-35-,41-29+,57-54-. The van der Waals surface area contributed by atoms with Crippen LogP contribution in [0.25, 0.3) is 0 Å². The lowest BCUT2D eigenvalue weighted by Gasteiger charge is -2.30. The molecule has 0 aromatic rings. The van der Waals surface area contributed by atoms with Crippen LogP contribution in [0, 0.1) is 0 Å². The summed E-state index contributed by atoms with van der Waals surface area (Å²) >= 11 is 0. The number of phosphoric acid groups is 1. The molecule has 0 bridgehead atoms. The lowest BCUT2D eigenvalue weighted by Crippen LogP contribution is -2.47. The van der Waals surface area contributed by atoms with Gasteiger partial charge in [0, 0.05) is 12.8 Å². The molecule has 3 atom stereocenters. The summed E-state index contributed by atoms with van der Waals surface area (Å²) in [4.78, 5) is 40.0. The van der Waals surface area contributed by atoms with Gasteiger partial charge in [0.25, 0.3) is 7.82 Å². The summed E-state index contributed by atoms with van der Waals surface area (Å²) in [5.41, 5.74) is 0. The highest BCUT2D eigenvalue weighted by Crippen LogP contribution is 2.38. The molecule has 0 aromatic carbocycles. The second-order valence-corrected chi connectivity index (χ2v) is 22.9. The number of carbonyl (C=O) groups excluding carboxylic acids is 2. The number of phosphoric ester groups is 1. The summed E-state index contributed by atoms with van der Waals surface area (Å²) in [7, 11) is 1.15. The average molecular weight is 1080 g/mol. The molecule has 0 heterocycles. The van der Waals surface area contributed by atoms with Gasteiger partial charge in [-0.15, -0.1) is 0 Å². The van der Waals surface area contributed by atoms with Gasteiger partial charge in [0.1, 0.15) is 19.3 Å². The zero-order valence-corrected chi connectivity index (χ0v) is 50.6. The van der Waals surface area contributed by atoms with Crippen LogP contribution < -0.4 is 10.2 Å². The predicted molar refractivity (Wildman–Crippen MR) is 325 cm³/mol. The van der Waals surface area contributed by atoms with E-state index in [9.17, 15) is 19.0 Å². The Morgan fingerprint density at radius 1 is 0.474 bits per heavy atom. The number of likely N-dealkylation sites (N-methyl/N-ethyl adjacent to an activating group) is 1. The Hall–Kier alpha value is -3.33. The zero-order valence-electron chi connectivity index (χ0n) is 49.7. The molecular weight excluding hydrogens is 964 g/mol. The van der Waals surface area contributed by atoms with E-state index >= 15 is 0 Å². The summed E-state index contributed by atoms with van der Waals surface area (Å²) in [5.74, 6) is -0.585. The number of hydrogen-bond acceptors (Lipinski definition) is 7. The van der Waals surface area contributed by atoms with Gasteiger partial charge in [0.15, 0.2) is 0 Å². The van der Waals surface area contributed by atoms with E-state index in [1.807, 2.05) is 33.3 Å². The third kappa shape index (κ3) is 55.4. The van der Waals surface area contributed by atoms with Crippen LogP contribution in [0.15, 0.2) is 109 Å². The van der Waals surface area contributed by atoms with Gasteiger partial charge in [-0.1, -0.05) is 233 Å². The highest BCUT2D eigenvalue weighted by Gasteiger charge is 2.27. The Balaban J connectivity index is 5.30. The number of unbranched alkanes of at least 4 members (excludes halogenated alkanes) is 22. The van der Waals surface area contributed by atoms with Crippen LogP contribution in [0.2, 0.25) is 0 Å². The van der Waals surface area contributed by atoms with E-state index < -0.39 is 26.6 Å². The number of rotatable bonds is 54.